The molecule has 0 fully saturated rings. The highest BCUT2D eigenvalue weighted by molar-refractivity contribution is 6.29. The zero-order chi connectivity index (χ0) is 5.82. The average Bonchev–Trinajstić information content (AvgIpc) is 1.94. The average molecular weight is 125 g/mol. The predicted octanol–water partition coefficient (Wildman–Crippen LogP) is 2.07. The number of rotatable bonds is 0. The van der Waals surface area contributed by atoms with E-state index in [-0.39, 0.29) is 0 Å². The summed E-state index contributed by atoms with van der Waals surface area (Å²) in [6.07, 6.45) is 6.17. The van der Waals surface area contributed by atoms with Gasteiger partial charge < -0.3 is 0 Å². The Labute approximate surface area is 53.8 Å². The molecule has 1 rings (SSSR count). The van der Waals surface area contributed by atoms with Gasteiger partial charge in [-0.15, -0.1) is 0 Å². The molecule has 0 radical (unpaired) electrons. The molecule has 0 aromatic heterocycles. The molecule has 1 heteroatoms. The van der Waals surface area contributed by atoms with E-state index in [9.17, 15) is 0 Å². The summed E-state index contributed by atoms with van der Waals surface area (Å²) in [4.78, 5) is 0. The van der Waals surface area contributed by atoms with Crippen LogP contribution in [0.25, 0.3) is 0 Å². The molecule has 0 unspecified atom stereocenters. The minimum atomic E-state index is 0.689. The lowest BCUT2D eigenvalue weighted by molar-refractivity contribution is 1.43. The zero-order valence-corrected chi connectivity index (χ0v) is 5.07. The summed E-state index contributed by atoms with van der Waals surface area (Å²) < 4.78 is 0. The fourth-order valence-electron chi connectivity index (χ4n) is 0.454. The minimum absolute atomic E-state index is 0.689. The molecule has 1 aliphatic carbocycles. The van der Waals surface area contributed by atoms with Crippen molar-refractivity contribution in [2.45, 2.75) is 6.42 Å². The van der Waals surface area contributed by atoms with E-state index in [1.807, 2.05) is 12.2 Å². The van der Waals surface area contributed by atoms with Crippen LogP contribution >= 0.6 is 11.6 Å². The van der Waals surface area contributed by atoms with E-state index in [1.165, 1.54) is 0 Å². The molecule has 40 valence electrons. The monoisotopic (exact) mass is 124 g/mol. The highest BCUT2D eigenvalue weighted by Gasteiger charge is 1.85. The zero-order valence-electron chi connectivity index (χ0n) is 4.32. The van der Waals surface area contributed by atoms with E-state index in [0.29, 0.717) is 6.42 Å². The summed E-state index contributed by atoms with van der Waals surface area (Å²) in [6.45, 7) is 0. The smallest absolute Gasteiger partial charge is 0.0451 e. The third-order valence-corrected chi connectivity index (χ3v) is 1.08. The van der Waals surface area contributed by atoms with Crippen LogP contribution in [0, 0.1) is 11.8 Å². The van der Waals surface area contributed by atoms with Crippen LogP contribution in [-0.4, -0.2) is 0 Å². The SMILES string of the molecule is ClC1=CC=CC#CC1. The molecule has 0 aromatic rings. The number of hydrogen-bond donors (Lipinski definition) is 0. The van der Waals surface area contributed by atoms with E-state index < -0.39 is 0 Å². The first-order valence-electron chi connectivity index (χ1n) is 2.39. The Morgan fingerprint density at radius 2 is 2.50 bits per heavy atom. The number of halogens is 1. The van der Waals surface area contributed by atoms with Crippen LogP contribution in [0.1, 0.15) is 6.42 Å². The minimum Gasteiger partial charge on any atom is -0.0928 e. The van der Waals surface area contributed by atoms with Gasteiger partial charge in [0.05, 0.1) is 0 Å². The molecule has 0 heterocycles. The van der Waals surface area contributed by atoms with Gasteiger partial charge >= 0.3 is 0 Å². The lowest BCUT2D eigenvalue weighted by Crippen LogP contribution is -1.62. The Morgan fingerprint density at radius 1 is 1.62 bits per heavy atom. The van der Waals surface area contributed by atoms with Gasteiger partial charge in [-0.25, -0.2) is 0 Å². The Bertz CT molecular complexity index is 188. The Balaban J connectivity index is 2.75. The van der Waals surface area contributed by atoms with E-state index >= 15 is 0 Å². The molecule has 0 bridgehead atoms. The molecule has 0 saturated heterocycles. The van der Waals surface area contributed by atoms with Gasteiger partial charge in [0.15, 0.2) is 0 Å². The first kappa shape index (κ1) is 5.47. The number of allylic oxidation sites excluding steroid dienone is 4. The van der Waals surface area contributed by atoms with E-state index in [1.54, 1.807) is 6.08 Å². The molecular weight excluding hydrogens is 120 g/mol. The third-order valence-electron chi connectivity index (χ3n) is 0.816. The van der Waals surface area contributed by atoms with Gasteiger partial charge in [-0.2, -0.15) is 0 Å². The molecule has 0 saturated carbocycles. The van der Waals surface area contributed by atoms with Gasteiger partial charge in [-0.3, -0.25) is 0 Å². The first-order chi connectivity index (χ1) is 3.89. The molecule has 8 heavy (non-hydrogen) atoms. The molecule has 0 N–H and O–H groups in total. The summed E-state index contributed by atoms with van der Waals surface area (Å²) in [7, 11) is 0. The maximum Gasteiger partial charge on any atom is 0.0451 e. The van der Waals surface area contributed by atoms with Crippen molar-refractivity contribution in [2.24, 2.45) is 0 Å². The van der Waals surface area contributed by atoms with Crippen molar-refractivity contribution in [3.63, 3.8) is 0 Å². The Kier molecular flexibility index (Phi) is 1.77. The van der Waals surface area contributed by atoms with Crippen molar-refractivity contribution in [3.05, 3.63) is 23.3 Å². The van der Waals surface area contributed by atoms with Crippen LogP contribution in [-0.2, 0) is 0 Å². The summed E-state index contributed by atoms with van der Waals surface area (Å²) in [5, 5.41) is 0.811. The molecule has 1 aliphatic rings. The molecule has 0 aromatic carbocycles. The van der Waals surface area contributed by atoms with Crippen LogP contribution in [0.4, 0.5) is 0 Å². The Hall–Kier alpha value is -0.670. The van der Waals surface area contributed by atoms with E-state index in [2.05, 4.69) is 11.8 Å². The van der Waals surface area contributed by atoms with Gasteiger partial charge in [0.25, 0.3) is 0 Å². The van der Waals surface area contributed by atoms with Gasteiger partial charge in [-0.1, -0.05) is 29.5 Å². The van der Waals surface area contributed by atoms with Gasteiger partial charge in [0.1, 0.15) is 0 Å². The van der Waals surface area contributed by atoms with Crippen molar-refractivity contribution in [3.8, 4) is 11.8 Å². The van der Waals surface area contributed by atoms with Crippen LogP contribution in [0.5, 0.6) is 0 Å². The van der Waals surface area contributed by atoms with Gasteiger partial charge in [-0.05, 0) is 12.2 Å². The highest BCUT2D eigenvalue weighted by atomic mass is 35.5. The lowest BCUT2D eigenvalue weighted by Gasteiger charge is -1.81. The number of hydrogen-bond acceptors (Lipinski definition) is 0. The second-order valence-corrected chi connectivity index (χ2v) is 1.96. The maximum atomic E-state index is 5.63. The topological polar surface area (TPSA) is 0 Å². The van der Waals surface area contributed by atoms with Crippen molar-refractivity contribution in [1.29, 1.82) is 0 Å². The van der Waals surface area contributed by atoms with Crippen molar-refractivity contribution < 1.29 is 0 Å². The molecule has 0 amide bonds. The van der Waals surface area contributed by atoms with Crippen LogP contribution < -0.4 is 0 Å². The van der Waals surface area contributed by atoms with Crippen molar-refractivity contribution >= 4 is 11.6 Å². The van der Waals surface area contributed by atoms with E-state index in [4.69, 9.17) is 11.6 Å². The molecule has 0 nitrogen and oxygen atoms in total. The van der Waals surface area contributed by atoms with Crippen LogP contribution in [0.2, 0.25) is 0 Å². The second-order valence-electron chi connectivity index (χ2n) is 1.47. The summed E-state index contributed by atoms with van der Waals surface area (Å²) in [5.74, 6) is 5.67. The standard InChI is InChI=1S/C7H5Cl/c8-7-5-3-1-2-4-6-7/h1,3,5H,6H2. The van der Waals surface area contributed by atoms with Crippen LogP contribution in [0.3, 0.4) is 0 Å². The quantitative estimate of drug-likeness (QED) is 0.434. The molecule has 0 atom stereocenters. The summed E-state index contributed by atoms with van der Waals surface area (Å²) in [6, 6.07) is 0. The predicted molar refractivity (Wildman–Crippen MR) is 35.5 cm³/mol. The summed E-state index contributed by atoms with van der Waals surface area (Å²) in [5.41, 5.74) is 0. The molecule has 0 aliphatic heterocycles. The van der Waals surface area contributed by atoms with Crippen molar-refractivity contribution in [1.82, 2.24) is 0 Å². The first-order valence-corrected chi connectivity index (χ1v) is 2.77. The second kappa shape index (κ2) is 2.59. The van der Waals surface area contributed by atoms with Crippen LogP contribution in [0.15, 0.2) is 23.3 Å². The third kappa shape index (κ3) is 1.44. The van der Waals surface area contributed by atoms with E-state index in [0.717, 1.165) is 5.03 Å². The van der Waals surface area contributed by atoms with Crippen molar-refractivity contribution in [2.75, 3.05) is 0 Å². The fraction of sp³-hybridized carbons (Fsp3) is 0.143. The highest BCUT2D eigenvalue weighted by Crippen LogP contribution is 2.06. The summed E-state index contributed by atoms with van der Waals surface area (Å²) >= 11 is 5.63. The molecule has 0 spiro atoms. The van der Waals surface area contributed by atoms with Gasteiger partial charge in [0, 0.05) is 11.5 Å². The largest absolute Gasteiger partial charge is 0.0928 e. The Morgan fingerprint density at radius 3 is 3.38 bits per heavy atom. The molecular formula is C7H5Cl. The van der Waals surface area contributed by atoms with Gasteiger partial charge in [0.2, 0.25) is 0 Å². The normalized spacial score (nSPS) is 15.9. The maximum absolute atomic E-state index is 5.63. The lowest BCUT2D eigenvalue weighted by atomic mass is 10.4. The fourth-order valence-corrected chi connectivity index (χ4v) is 0.594.